The number of sulfonamides is 1. The summed E-state index contributed by atoms with van der Waals surface area (Å²) in [5, 5.41) is 1.86. The first-order valence-electron chi connectivity index (χ1n) is 10.3. The average Bonchev–Trinajstić information content (AvgIpc) is 2.66. The van der Waals surface area contributed by atoms with Crippen LogP contribution < -0.4 is 14.9 Å². The number of nitrogens with one attached hydrogen (secondary N) is 2. The molecule has 2 atom stereocenters. The maximum Gasteiger partial charge on any atom is 0.255 e. The lowest BCUT2D eigenvalue weighted by Gasteiger charge is -2.37. The lowest BCUT2D eigenvalue weighted by molar-refractivity contribution is -0.00558. The highest BCUT2D eigenvalue weighted by Gasteiger charge is 2.27. The van der Waals surface area contributed by atoms with Crippen molar-refractivity contribution in [1.82, 2.24) is 0 Å². The molecule has 1 heterocycles. The molecular weight excluding hydrogens is 440 g/mol. The SMILES string of the molecule is CC(C)S(=O)(=O)Nc1ccc(C(=O)Nc2cc(F)c(N3C[C@@H](C)O[C@@H](C)C3)c(F)c2)cc1. The molecular formula is C22H27F2N3O4S. The predicted molar refractivity (Wildman–Crippen MR) is 121 cm³/mol. The van der Waals surface area contributed by atoms with Crippen LogP contribution in [0.1, 0.15) is 38.1 Å². The highest BCUT2D eigenvalue weighted by molar-refractivity contribution is 7.93. The number of hydrogen-bond donors (Lipinski definition) is 2. The number of anilines is 3. The summed E-state index contributed by atoms with van der Waals surface area (Å²) in [6.07, 6.45) is -0.324. The molecule has 0 aromatic heterocycles. The fourth-order valence-electron chi connectivity index (χ4n) is 3.48. The standard InChI is InChI=1S/C22H27F2N3O4S/c1-13(2)32(29,30)26-17-7-5-16(6-8-17)22(28)25-18-9-19(23)21(20(24)10-18)27-11-14(3)31-15(4)12-27/h5-10,13-15,26H,11-12H2,1-4H3,(H,25,28)/t14-,15+. The van der Waals surface area contributed by atoms with Gasteiger partial charge in [-0.25, -0.2) is 17.2 Å². The molecule has 0 saturated carbocycles. The molecule has 0 aliphatic carbocycles. The monoisotopic (exact) mass is 467 g/mol. The normalized spacial score (nSPS) is 19.2. The van der Waals surface area contributed by atoms with Crippen LogP contribution >= 0.6 is 0 Å². The molecule has 0 bridgehead atoms. The van der Waals surface area contributed by atoms with E-state index in [2.05, 4.69) is 10.0 Å². The molecule has 7 nitrogen and oxygen atoms in total. The zero-order valence-corrected chi connectivity index (χ0v) is 19.2. The summed E-state index contributed by atoms with van der Waals surface area (Å²) in [6, 6.07) is 7.88. The van der Waals surface area contributed by atoms with E-state index in [1.165, 1.54) is 24.3 Å². The lowest BCUT2D eigenvalue weighted by atomic mass is 10.1. The summed E-state index contributed by atoms with van der Waals surface area (Å²) in [5.74, 6) is -2.14. The van der Waals surface area contributed by atoms with E-state index in [4.69, 9.17) is 4.74 Å². The predicted octanol–water partition coefficient (Wildman–Crippen LogP) is 3.98. The third-order valence-corrected chi connectivity index (χ3v) is 6.80. The molecule has 2 N–H and O–H groups in total. The van der Waals surface area contributed by atoms with Gasteiger partial charge in [-0.05, 0) is 64.1 Å². The van der Waals surface area contributed by atoms with E-state index >= 15 is 0 Å². The van der Waals surface area contributed by atoms with Crippen LogP contribution in [-0.4, -0.2) is 44.9 Å². The van der Waals surface area contributed by atoms with E-state index in [-0.39, 0.29) is 29.1 Å². The maximum atomic E-state index is 14.7. The van der Waals surface area contributed by atoms with Gasteiger partial charge in [0.15, 0.2) is 11.6 Å². The van der Waals surface area contributed by atoms with Crippen molar-refractivity contribution in [3.05, 3.63) is 53.6 Å². The second-order valence-corrected chi connectivity index (χ2v) is 10.4. The topological polar surface area (TPSA) is 87.7 Å². The second-order valence-electron chi connectivity index (χ2n) is 8.18. The number of halogens is 2. The van der Waals surface area contributed by atoms with Gasteiger partial charge in [-0.15, -0.1) is 0 Å². The summed E-state index contributed by atoms with van der Waals surface area (Å²) in [6.45, 7) is 7.49. The van der Waals surface area contributed by atoms with E-state index in [0.717, 1.165) is 12.1 Å². The van der Waals surface area contributed by atoms with Crippen LogP contribution in [0.15, 0.2) is 36.4 Å². The Morgan fingerprint density at radius 1 is 1.03 bits per heavy atom. The van der Waals surface area contributed by atoms with Crippen LogP contribution in [-0.2, 0) is 14.8 Å². The third kappa shape index (κ3) is 5.55. The second kappa shape index (κ2) is 9.41. The highest BCUT2D eigenvalue weighted by atomic mass is 32.2. The largest absolute Gasteiger partial charge is 0.372 e. The molecule has 1 fully saturated rings. The number of amides is 1. The summed E-state index contributed by atoms with van der Waals surface area (Å²) >= 11 is 0. The van der Waals surface area contributed by atoms with E-state index < -0.39 is 32.8 Å². The van der Waals surface area contributed by atoms with Gasteiger partial charge >= 0.3 is 0 Å². The Bertz CT molecular complexity index is 1060. The quantitative estimate of drug-likeness (QED) is 0.671. The molecule has 1 amide bonds. The number of ether oxygens (including phenoxy) is 1. The molecule has 174 valence electrons. The first-order valence-corrected chi connectivity index (χ1v) is 11.8. The number of rotatable bonds is 6. The number of carbonyl (C=O) groups is 1. The summed E-state index contributed by atoms with van der Waals surface area (Å²) in [7, 11) is -3.51. The van der Waals surface area contributed by atoms with Gasteiger partial charge in [-0.2, -0.15) is 0 Å². The zero-order chi connectivity index (χ0) is 23.6. The molecule has 10 heteroatoms. The van der Waals surface area contributed by atoms with Crippen molar-refractivity contribution in [2.75, 3.05) is 28.0 Å². The van der Waals surface area contributed by atoms with Crippen molar-refractivity contribution in [1.29, 1.82) is 0 Å². The smallest absolute Gasteiger partial charge is 0.255 e. The Morgan fingerprint density at radius 2 is 1.56 bits per heavy atom. The van der Waals surface area contributed by atoms with Gasteiger partial charge in [0.05, 0.1) is 17.5 Å². The maximum absolute atomic E-state index is 14.7. The number of morpholine rings is 1. The summed E-state index contributed by atoms with van der Waals surface area (Å²) in [4.78, 5) is 14.1. The Hall–Kier alpha value is -2.72. The van der Waals surface area contributed by atoms with Crippen LogP contribution in [0.25, 0.3) is 0 Å². The van der Waals surface area contributed by atoms with Gasteiger partial charge in [-0.3, -0.25) is 9.52 Å². The minimum Gasteiger partial charge on any atom is -0.372 e. The van der Waals surface area contributed by atoms with E-state index in [0.29, 0.717) is 18.8 Å². The Balaban J connectivity index is 1.73. The molecule has 0 spiro atoms. The molecule has 2 aromatic rings. The molecule has 0 radical (unpaired) electrons. The minimum atomic E-state index is -3.51. The molecule has 0 unspecified atom stereocenters. The van der Waals surface area contributed by atoms with E-state index in [1.54, 1.807) is 18.7 Å². The van der Waals surface area contributed by atoms with E-state index in [1.807, 2.05) is 13.8 Å². The lowest BCUT2D eigenvalue weighted by Crippen LogP contribution is -2.46. The fraction of sp³-hybridized carbons (Fsp3) is 0.409. The van der Waals surface area contributed by atoms with Crippen molar-refractivity contribution in [2.45, 2.75) is 45.2 Å². The Morgan fingerprint density at radius 3 is 2.06 bits per heavy atom. The van der Waals surface area contributed by atoms with Crippen LogP contribution in [0.2, 0.25) is 0 Å². The van der Waals surface area contributed by atoms with Crippen molar-refractivity contribution in [3.63, 3.8) is 0 Å². The molecule has 32 heavy (non-hydrogen) atoms. The third-order valence-electron chi connectivity index (χ3n) is 5.04. The minimum absolute atomic E-state index is 0.0207. The van der Waals surface area contributed by atoms with Gasteiger partial charge in [0.1, 0.15) is 5.69 Å². The van der Waals surface area contributed by atoms with Crippen molar-refractivity contribution in [2.24, 2.45) is 0 Å². The van der Waals surface area contributed by atoms with Gasteiger partial charge in [0.25, 0.3) is 5.91 Å². The molecule has 1 aliphatic heterocycles. The van der Waals surface area contributed by atoms with Gasteiger partial charge in [0, 0.05) is 30.0 Å². The summed E-state index contributed by atoms with van der Waals surface area (Å²) < 4.78 is 61.4. The number of hydrogen-bond acceptors (Lipinski definition) is 5. The number of nitrogens with zero attached hydrogens (tertiary/aromatic N) is 1. The van der Waals surface area contributed by atoms with Gasteiger partial charge < -0.3 is 15.0 Å². The summed E-state index contributed by atoms with van der Waals surface area (Å²) in [5.41, 5.74) is 0.350. The molecule has 2 aromatic carbocycles. The van der Waals surface area contributed by atoms with Crippen LogP contribution in [0.4, 0.5) is 25.8 Å². The van der Waals surface area contributed by atoms with E-state index in [9.17, 15) is 22.0 Å². The molecule has 1 aliphatic rings. The average molecular weight is 468 g/mol. The van der Waals surface area contributed by atoms with Crippen molar-refractivity contribution in [3.8, 4) is 0 Å². The van der Waals surface area contributed by atoms with Crippen molar-refractivity contribution < 1.29 is 26.7 Å². The van der Waals surface area contributed by atoms with Crippen LogP contribution in [0, 0.1) is 11.6 Å². The van der Waals surface area contributed by atoms with Crippen molar-refractivity contribution >= 4 is 33.0 Å². The van der Waals surface area contributed by atoms with Crippen LogP contribution in [0.3, 0.4) is 0 Å². The first kappa shape index (κ1) is 23.9. The number of benzene rings is 2. The first-order chi connectivity index (χ1) is 15.0. The zero-order valence-electron chi connectivity index (χ0n) is 18.4. The fourth-order valence-corrected chi connectivity index (χ4v) is 4.18. The van der Waals surface area contributed by atoms with Gasteiger partial charge in [0.2, 0.25) is 10.0 Å². The Labute approximate surface area is 186 Å². The molecule has 3 rings (SSSR count). The van der Waals surface area contributed by atoms with Crippen LogP contribution in [0.5, 0.6) is 0 Å². The Kier molecular flexibility index (Phi) is 7.04. The molecule has 1 saturated heterocycles. The highest BCUT2D eigenvalue weighted by Crippen LogP contribution is 2.30. The van der Waals surface area contributed by atoms with Gasteiger partial charge in [-0.1, -0.05) is 0 Å². The number of carbonyl (C=O) groups excluding carboxylic acids is 1.